The topological polar surface area (TPSA) is 13.1 Å². The van der Waals surface area contributed by atoms with Crippen LogP contribution in [0.3, 0.4) is 0 Å². The number of hydrogen-bond acceptors (Lipinski definition) is 2. The first kappa shape index (κ1) is 27.7. The summed E-state index contributed by atoms with van der Waals surface area (Å²) in [5.74, 6) is 0. The SMILES string of the molecule is c1ccc(-c2c3ccccc3c(-c3cccc(-c4ccc5sc6ccc7oc8c9ccccc9ccc8c7c6c5c4)c3)c3ccccc23)cc1. The van der Waals surface area contributed by atoms with E-state index >= 15 is 0 Å². The van der Waals surface area contributed by atoms with Gasteiger partial charge in [-0.2, -0.15) is 0 Å². The van der Waals surface area contributed by atoms with Crippen molar-refractivity contribution in [2.24, 2.45) is 0 Å². The quantitative estimate of drug-likeness (QED) is 0.173. The van der Waals surface area contributed by atoms with Crippen molar-refractivity contribution < 1.29 is 4.42 Å². The Morgan fingerprint density at radius 3 is 1.70 bits per heavy atom. The maximum absolute atomic E-state index is 6.58. The largest absolute Gasteiger partial charge is 0.455 e. The van der Waals surface area contributed by atoms with Gasteiger partial charge in [-0.25, -0.2) is 0 Å². The fraction of sp³-hybridized carbons (Fsp3) is 0. The molecule has 2 aromatic heterocycles. The maximum Gasteiger partial charge on any atom is 0.143 e. The minimum Gasteiger partial charge on any atom is -0.455 e. The molecule has 0 saturated heterocycles. The summed E-state index contributed by atoms with van der Waals surface area (Å²) in [6.45, 7) is 0. The second kappa shape index (κ2) is 10.6. The molecule has 232 valence electrons. The van der Waals surface area contributed by atoms with Gasteiger partial charge < -0.3 is 4.42 Å². The van der Waals surface area contributed by atoms with Crippen molar-refractivity contribution in [3.05, 3.63) is 170 Å². The molecule has 0 aliphatic heterocycles. The van der Waals surface area contributed by atoms with Crippen molar-refractivity contribution in [3.8, 4) is 33.4 Å². The van der Waals surface area contributed by atoms with Crippen molar-refractivity contribution in [3.63, 3.8) is 0 Å². The van der Waals surface area contributed by atoms with E-state index in [1.807, 2.05) is 11.3 Å². The molecule has 2 heteroatoms. The highest BCUT2D eigenvalue weighted by atomic mass is 32.1. The molecule has 0 atom stereocenters. The Hall–Kier alpha value is -6.22. The summed E-state index contributed by atoms with van der Waals surface area (Å²) in [5.41, 5.74) is 9.35. The average molecular weight is 653 g/mol. The molecule has 0 bridgehead atoms. The van der Waals surface area contributed by atoms with Crippen molar-refractivity contribution in [1.82, 2.24) is 0 Å². The molecular formula is C48H28OS. The Morgan fingerprint density at radius 2 is 0.940 bits per heavy atom. The van der Waals surface area contributed by atoms with Crippen LogP contribution >= 0.6 is 11.3 Å². The van der Waals surface area contributed by atoms with E-state index in [9.17, 15) is 0 Å². The number of rotatable bonds is 3. The number of hydrogen-bond donors (Lipinski definition) is 0. The fourth-order valence-electron chi connectivity index (χ4n) is 8.25. The Bertz CT molecular complexity index is 3090. The zero-order valence-electron chi connectivity index (χ0n) is 27.0. The van der Waals surface area contributed by atoms with Gasteiger partial charge in [0.05, 0.1) is 0 Å². The van der Waals surface area contributed by atoms with Gasteiger partial charge >= 0.3 is 0 Å². The van der Waals surface area contributed by atoms with E-state index in [1.54, 1.807) is 0 Å². The Labute approximate surface area is 292 Å². The highest BCUT2D eigenvalue weighted by Gasteiger charge is 2.19. The second-order valence-electron chi connectivity index (χ2n) is 13.2. The Morgan fingerprint density at radius 1 is 0.340 bits per heavy atom. The molecule has 0 fully saturated rings. The summed E-state index contributed by atoms with van der Waals surface area (Å²) in [4.78, 5) is 0. The maximum atomic E-state index is 6.58. The van der Waals surface area contributed by atoms with Crippen molar-refractivity contribution in [1.29, 1.82) is 0 Å². The van der Waals surface area contributed by atoms with Crippen LogP contribution in [0.25, 0.3) is 108 Å². The van der Waals surface area contributed by atoms with Crippen LogP contribution in [-0.4, -0.2) is 0 Å². The molecule has 0 unspecified atom stereocenters. The number of thiophene rings is 1. The lowest BCUT2D eigenvalue weighted by Gasteiger charge is -2.18. The van der Waals surface area contributed by atoms with Gasteiger partial charge in [0.1, 0.15) is 11.2 Å². The minimum absolute atomic E-state index is 0.939. The molecule has 0 aliphatic carbocycles. The van der Waals surface area contributed by atoms with E-state index in [4.69, 9.17) is 4.42 Å². The smallest absolute Gasteiger partial charge is 0.143 e. The van der Waals surface area contributed by atoms with Crippen LogP contribution in [0.1, 0.15) is 0 Å². The van der Waals surface area contributed by atoms with Crippen LogP contribution in [0.2, 0.25) is 0 Å². The zero-order chi connectivity index (χ0) is 32.8. The summed E-state index contributed by atoms with van der Waals surface area (Å²) in [6.07, 6.45) is 0. The third kappa shape index (κ3) is 4.00. The van der Waals surface area contributed by atoms with Crippen molar-refractivity contribution in [2.45, 2.75) is 0 Å². The van der Waals surface area contributed by atoms with Gasteiger partial charge in [-0.1, -0.05) is 133 Å². The number of furan rings is 1. The Balaban J connectivity index is 1.14. The highest BCUT2D eigenvalue weighted by Crippen LogP contribution is 2.46. The molecule has 11 aromatic rings. The molecule has 0 aliphatic rings. The van der Waals surface area contributed by atoms with E-state index in [1.165, 1.54) is 91.3 Å². The molecule has 9 aromatic carbocycles. The van der Waals surface area contributed by atoms with Gasteiger partial charge in [0.25, 0.3) is 0 Å². The van der Waals surface area contributed by atoms with Crippen molar-refractivity contribution in [2.75, 3.05) is 0 Å². The number of fused-ring (bicyclic) bond motifs is 11. The first-order valence-corrected chi connectivity index (χ1v) is 17.9. The van der Waals surface area contributed by atoms with E-state index in [2.05, 4.69) is 170 Å². The summed E-state index contributed by atoms with van der Waals surface area (Å²) in [6, 6.07) is 61.9. The minimum atomic E-state index is 0.939. The molecule has 0 radical (unpaired) electrons. The first-order chi connectivity index (χ1) is 24.8. The second-order valence-corrected chi connectivity index (χ2v) is 14.3. The van der Waals surface area contributed by atoms with Crippen LogP contribution in [0.4, 0.5) is 0 Å². The van der Waals surface area contributed by atoms with Crippen LogP contribution in [0.15, 0.2) is 174 Å². The van der Waals surface area contributed by atoms with E-state index in [0.29, 0.717) is 0 Å². The summed E-state index contributed by atoms with van der Waals surface area (Å²) >= 11 is 1.86. The molecule has 1 nitrogen and oxygen atoms in total. The van der Waals surface area contributed by atoms with Gasteiger partial charge in [0.2, 0.25) is 0 Å². The molecule has 0 N–H and O–H groups in total. The predicted octanol–water partition coefficient (Wildman–Crippen LogP) is 14.4. The van der Waals surface area contributed by atoms with Crippen LogP contribution in [-0.2, 0) is 0 Å². The summed E-state index contributed by atoms with van der Waals surface area (Å²) < 4.78 is 9.15. The van der Waals surface area contributed by atoms with Gasteiger partial charge in [0, 0.05) is 36.3 Å². The third-order valence-electron chi connectivity index (χ3n) is 10.4. The molecule has 50 heavy (non-hydrogen) atoms. The van der Waals surface area contributed by atoms with E-state index in [0.717, 1.165) is 16.6 Å². The average Bonchev–Trinajstić information content (AvgIpc) is 3.75. The lowest BCUT2D eigenvalue weighted by atomic mass is 9.85. The summed E-state index contributed by atoms with van der Waals surface area (Å²) in [5, 5.41) is 12.4. The van der Waals surface area contributed by atoms with Gasteiger partial charge in [0.15, 0.2) is 0 Å². The fourth-order valence-corrected chi connectivity index (χ4v) is 9.35. The van der Waals surface area contributed by atoms with Crippen LogP contribution < -0.4 is 0 Å². The Kier molecular flexibility index (Phi) is 5.89. The molecule has 2 heterocycles. The lowest BCUT2D eigenvalue weighted by molar-refractivity contribution is 0.673. The van der Waals surface area contributed by atoms with Crippen LogP contribution in [0.5, 0.6) is 0 Å². The standard InChI is InChI=1S/C48H28OS/c1-2-12-30(13-3-1)44-35-17-6-8-19-37(35)45(38-20-9-7-18-36(38)44)33-15-10-14-31(27-33)32-22-25-42-40(28-32)47-43(50-42)26-24-41-46(47)39-23-21-29-11-4-5-16-34(29)48(39)49-41/h1-28H. The molecule has 0 spiro atoms. The summed E-state index contributed by atoms with van der Waals surface area (Å²) in [7, 11) is 0. The monoisotopic (exact) mass is 652 g/mol. The normalized spacial score (nSPS) is 12.0. The van der Waals surface area contributed by atoms with E-state index in [-0.39, 0.29) is 0 Å². The van der Waals surface area contributed by atoms with Gasteiger partial charge in [-0.15, -0.1) is 11.3 Å². The molecule has 0 amide bonds. The van der Waals surface area contributed by atoms with Gasteiger partial charge in [-0.3, -0.25) is 0 Å². The van der Waals surface area contributed by atoms with E-state index < -0.39 is 0 Å². The van der Waals surface area contributed by atoms with Crippen LogP contribution in [0, 0.1) is 0 Å². The van der Waals surface area contributed by atoms with Crippen molar-refractivity contribution >= 4 is 85.8 Å². The predicted molar refractivity (Wildman–Crippen MR) is 215 cm³/mol. The number of benzene rings is 9. The van der Waals surface area contributed by atoms with Gasteiger partial charge in [-0.05, 0) is 96.7 Å². The highest BCUT2D eigenvalue weighted by molar-refractivity contribution is 7.26. The molecule has 0 saturated carbocycles. The molecule has 11 rings (SSSR count). The molecular weight excluding hydrogens is 625 g/mol. The third-order valence-corrected chi connectivity index (χ3v) is 11.6. The first-order valence-electron chi connectivity index (χ1n) is 17.1. The lowest BCUT2D eigenvalue weighted by Crippen LogP contribution is -1.91. The zero-order valence-corrected chi connectivity index (χ0v) is 27.8.